The predicted octanol–water partition coefficient (Wildman–Crippen LogP) is 1.04. The maximum Gasteiger partial charge on any atom is 0.253 e. The van der Waals surface area contributed by atoms with Crippen LogP contribution in [0.4, 0.5) is 0 Å². The van der Waals surface area contributed by atoms with Crippen molar-refractivity contribution >= 4 is 27.7 Å². The molecular formula is C22H28N4O6S. The molecule has 0 spiro atoms. The summed E-state index contributed by atoms with van der Waals surface area (Å²) in [6.45, 7) is 2.67. The van der Waals surface area contributed by atoms with E-state index in [1.807, 2.05) is 6.92 Å². The van der Waals surface area contributed by atoms with Crippen LogP contribution in [0.15, 0.2) is 53.4 Å². The van der Waals surface area contributed by atoms with Crippen LogP contribution in [-0.2, 0) is 24.4 Å². The van der Waals surface area contributed by atoms with E-state index in [2.05, 4.69) is 16.2 Å². The van der Waals surface area contributed by atoms with Gasteiger partial charge in [-0.2, -0.15) is 4.31 Å². The molecule has 10 nitrogen and oxygen atoms in total. The fourth-order valence-corrected chi connectivity index (χ4v) is 4.05. The van der Waals surface area contributed by atoms with Gasteiger partial charge >= 0.3 is 0 Å². The van der Waals surface area contributed by atoms with Crippen molar-refractivity contribution in [2.45, 2.75) is 31.2 Å². The Bertz CT molecular complexity index is 1080. The number of methoxy groups -OCH3 is 1. The molecule has 3 N–H and O–H groups in total. The van der Waals surface area contributed by atoms with Crippen LogP contribution >= 0.6 is 0 Å². The summed E-state index contributed by atoms with van der Waals surface area (Å²) in [5.41, 5.74) is 6.03. The van der Waals surface area contributed by atoms with Gasteiger partial charge in [-0.05, 0) is 36.8 Å². The lowest BCUT2D eigenvalue weighted by Crippen LogP contribution is -2.47. The van der Waals surface area contributed by atoms with Gasteiger partial charge in [-0.3, -0.25) is 25.2 Å². The standard InChI is InChI=1S/C22H28N4O6S/c1-15-5-11-19(12-6-15)33(30,31)26(3)14-22(29)25-24-21(28)13-20(23-16(2)27)17-7-9-18(32-4)10-8-17/h5-12,20H,13-14H2,1-4H3,(H,23,27)(H,24,28)(H,25,29)/t20-/m1/s1. The van der Waals surface area contributed by atoms with Crippen LogP contribution in [0, 0.1) is 6.92 Å². The number of carbonyl (C=O) groups excluding carboxylic acids is 3. The highest BCUT2D eigenvalue weighted by Gasteiger charge is 2.23. The van der Waals surface area contributed by atoms with Crippen LogP contribution in [-0.4, -0.2) is 51.1 Å². The lowest BCUT2D eigenvalue weighted by Gasteiger charge is -2.19. The molecule has 0 radical (unpaired) electrons. The molecule has 0 aliphatic rings. The number of hydrogen-bond donors (Lipinski definition) is 3. The summed E-state index contributed by atoms with van der Waals surface area (Å²) in [4.78, 5) is 36.1. The summed E-state index contributed by atoms with van der Waals surface area (Å²) in [6.07, 6.45) is -0.149. The molecule has 33 heavy (non-hydrogen) atoms. The summed E-state index contributed by atoms with van der Waals surface area (Å²) < 4.78 is 31.1. The minimum atomic E-state index is -3.86. The molecule has 0 fully saturated rings. The van der Waals surface area contributed by atoms with E-state index in [1.54, 1.807) is 36.4 Å². The zero-order valence-corrected chi connectivity index (χ0v) is 19.7. The molecule has 0 aliphatic heterocycles. The average Bonchev–Trinajstić information content (AvgIpc) is 2.77. The monoisotopic (exact) mass is 476 g/mol. The van der Waals surface area contributed by atoms with Gasteiger partial charge in [-0.1, -0.05) is 29.8 Å². The Morgan fingerprint density at radius 3 is 2.09 bits per heavy atom. The highest BCUT2D eigenvalue weighted by Crippen LogP contribution is 2.20. The number of likely N-dealkylation sites (N-methyl/N-ethyl adjacent to an activating group) is 1. The van der Waals surface area contributed by atoms with Gasteiger partial charge in [0.1, 0.15) is 5.75 Å². The van der Waals surface area contributed by atoms with Crippen LogP contribution in [0.2, 0.25) is 0 Å². The molecule has 0 unspecified atom stereocenters. The van der Waals surface area contributed by atoms with Crippen molar-refractivity contribution in [2.24, 2.45) is 0 Å². The van der Waals surface area contributed by atoms with Crippen molar-refractivity contribution in [3.05, 3.63) is 59.7 Å². The molecule has 0 saturated carbocycles. The molecule has 0 aliphatic carbocycles. The first-order valence-corrected chi connectivity index (χ1v) is 11.5. The summed E-state index contributed by atoms with van der Waals surface area (Å²) in [5, 5.41) is 2.69. The second kappa shape index (κ2) is 11.4. The quantitative estimate of drug-likeness (QED) is 0.463. The van der Waals surface area contributed by atoms with Gasteiger partial charge in [0.2, 0.25) is 21.8 Å². The Kier molecular flexibility index (Phi) is 8.94. The fraction of sp³-hybridized carbons (Fsp3) is 0.318. The Hall–Kier alpha value is -3.44. The minimum Gasteiger partial charge on any atom is -0.497 e. The number of benzene rings is 2. The molecule has 178 valence electrons. The topological polar surface area (TPSA) is 134 Å². The number of hydrazine groups is 1. The molecule has 2 aromatic rings. The van der Waals surface area contributed by atoms with Gasteiger partial charge < -0.3 is 10.1 Å². The zero-order chi connectivity index (χ0) is 24.6. The third kappa shape index (κ3) is 7.58. The summed E-state index contributed by atoms with van der Waals surface area (Å²) in [7, 11) is -1.06. The number of ether oxygens (including phenoxy) is 1. The summed E-state index contributed by atoms with van der Waals surface area (Å²) in [6, 6.07) is 12.5. The molecule has 0 saturated heterocycles. The molecule has 0 aromatic heterocycles. The minimum absolute atomic E-state index is 0.0603. The van der Waals surface area contributed by atoms with E-state index < -0.39 is 34.4 Å². The smallest absolute Gasteiger partial charge is 0.253 e. The zero-order valence-electron chi connectivity index (χ0n) is 18.9. The fourth-order valence-electron chi connectivity index (χ4n) is 2.93. The predicted molar refractivity (Wildman–Crippen MR) is 121 cm³/mol. The second-order valence-corrected chi connectivity index (χ2v) is 9.45. The largest absolute Gasteiger partial charge is 0.497 e. The van der Waals surface area contributed by atoms with Gasteiger partial charge in [-0.25, -0.2) is 8.42 Å². The Morgan fingerprint density at radius 1 is 0.970 bits per heavy atom. The molecule has 2 aromatic carbocycles. The van der Waals surface area contributed by atoms with E-state index >= 15 is 0 Å². The molecule has 1 atom stereocenters. The maximum absolute atomic E-state index is 12.6. The van der Waals surface area contributed by atoms with Crippen molar-refractivity contribution in [1.82, 2.24) is 20.5 Å². The third-order valence-corrected chi connectivity index (χ3v) is 6.54. The highest BCUT2D eigenvalue weighted by atomic mass is 32.2. The van der Waals surface area contributed by atoms with Crippen molar-refractivity contribution in [2.75, 3.05) is 20.7 Å². The van der Waals surface area contributed by atoms with Gasteiger partial charge in [0.25, 0.3) is 5.91 Å². The number of nitrogens with one attached hydrogen (secondary N) is 3. The Labute approximate surface area is 193 Å². The van der Waals surface area contributed by atoms with Crippen LogP contribution in [0.3, 0.4) is 0 Å². The molecule has 0 heterocycles. The Morgan fingerprint density at radius 2 is 1.55 bits per heavy atom. The van der Waals surface area contributed by atoms with E-state index in [4.69, 9.17) is 4.74 Å². The van der Waals surface area contributed by atoms with Crippen LogP contribution in [0.1, 0.15) is 30.5 Å². The van der Waals surface area contributed by atoms with Crippen molar-refractivity contribution < 1.29 is 27.5 Å². The van der Waals surface area contributed by atoms with Gasteiger partial charge in [0.15, 0.2) is 0 Å². The van der Waals surface area contributed by atoms with Gasteiger partial charge in [-0.15, -0.1) is 0 Å². The first-order valence-electron chi connectivity index (χ1n) is 10.0. The summed E-state index contributed by atoms with van der Waals surface area (Å²) >= 11 is 0. The van der Waals surface area contributed by atoms with E-state index in [0.717, 1.165) is 9.87 Å². The number of aryl methyl sites for hydroxylation is 1. The van der Waals surface area contributed by atoms with Crippen molar-refractivity contribution in [3.8, 4) is 5.75 Å². The van der Waals surface area contributed by atoms with E-state index in [-0.39, 0.29) is 17.2 Å². The lowest BCUT2D eigenvalue weighted by molar-refractivity contribution is -0.129. The van der Waals surface area contributed by atoms with E-state index in [0.29, 0.717) is 11.3 Å². The molecule has 11 heteroatoms. The number of sulfonamides is 1. The van der Waals surface area contributed by atoms with Crippen LogP contribution in [0.25, 0.3) is 0 Å². The van der Waals surface area contributed by atoms with Crippen molar-refractivity contribution in [1.29, 1.82) is 0 Å². The number of amides is 3. The first kappa shape index (κ1) is 25.8. The Balaban J connectivity index is 1.93. The van der Waals surface area contributed by atoms with E-state index in [9.17, 15) is 22.8 Å². The summed E-state index contributed by atoms with van der Waals surface area (Å²) in [5.74, 6) is -0.985. The van der Waals surface area contributed by atoms with Crippen LogP contribution in [0.5, 0.6) is 5.75 Å². The normalized spacial score (nSPS) is 12.0. The number of carbonyl (C=O) groups is 3. The van der Waals surface area contributed by atoms with Crippen molar-refractivity contribution in [3.63, 3.8) is 0 Å². The number of rotatable bonds is 9. The SMILES string of the molecule is COc1ccc([C@@H](CC(=O)NNC(=O)CN(C)S(=O)(=O)c2ccc(C)cc2)NC(C)=O)cc1. The molecule has 0 bridgehead atoms. The average molecular weight is 477 g/mol. The van der Waals surface area contributed by atoms with E-state index in [1.165, 1.54) is 33.2 Å². The third-order valence-electron chi connectivity index (χ3n) is 4.72. The van der Waals surface area contributed by atoms with Gasteiger partial charge in [0.05, 0.1) is 31.0 Å². The first-order chi connectivity index (χ1) is 15.5. The molecular weight excluding hydrogens is 448 g/mol. The second-order valence-electron chi connectivity index (χ2n) is 7.40. The van der Waals surface area contributed by atoms with Crippen LogP contribution < -0.4 is 20.9 Å². The molecule has 2 rings (SSSR count). The molecule has 3 amide bonds. The van der Waals surface area contributed by atoms with Gasteiger partial charge in [0, 0.05) is 14.0 Å². The highest BCUT2D eigenvalue weighted by molar-refractivity contribution is 7.89. The number of hydrogen-bond acceptors (Lipinski definition) is 6. The lowest BCUT2D eigenvalue weighted by atomic mass is 10.0. The maximum atomic E-state index is 12.6. The number of nitrogens with zero attached hydrogens (tertiary/aromatic N) is 1.